The van der Waals surface area contributed by atoms with E-state index in [0.717, 1.165) is 12.2 Å². The van der Waals surface area contributed by atoms with E-state index in [4.69, 9.17) is 4.74 Å². The number of hydrogen-bond donors (Lipinski definition) is 0. The first kappa shape index (κ1) is 23.1. The van der Waals surface area contributed by atoms with Crippen molar-refractivity contribution in [3.8, 4) is 16.9 Å². The van der Waals surface area contributed by atoms with E-state index in [-0.39, 0.29) is 5.41 Å². The maximum Gasteiger partial charge on any atom is 0.119 e. The molecule has 0 saturated carbocycles. The fourth-order valence-corrected chi connectivity index (χ4v) is 4.39. The fraction of sp³-hybridized carbons (Fsp3) is 0.400. The van der Waals surface area contributed by atoms with Gasteiger partial charge in [-0.25, -0.2) is 0 Å². The van der Waals surface area contributed by atoms with Crippen molar-refractivity contribution in [2.75, 3.05) is 6.61 Å². The minimum Gasteiger partial charge on any atom is -0.493 e. The summed E-state index contributed by atoms with van der Waals surface area (Å²) in [5.74, 6) is 2.01. The molecule has 0 fully saturated rings. The van der Waals surface area contributed by atoms with Gasteiger partial charge in [0, 0.05) is 5.92 Å². The molecule has 0 N–H and O–H groups in total. The van der Waals surface area contributed by atoms with Gasteiger partial charge in [-0.1, -0.05) is 89.2 Å². The SMILES string of the molecule is Cc1cc(OCC(CC(C)C)c2ccccc2)cc(C)c1-c1ccc(C(C)(C)C)cc1. The van der Waals surface area contributed by atoms with Gasteiger partial charge in [0.25, 0.3) is 0 Å². The molecule has 0 bridgehead atoms. The number of rotatable bonds is 7. The molecule has 3 aromatic carbocycles. The van der Waals surface area contributed by atoms with Crippen LogP contribution in [0, 0.1) is 19.8 Å². The standard InChI is InChI=1S/C30H38O/c1-21(2)17-26(24-11-9-8-10-12-24)20-31-28-18-22(3)29(23(4)19-28)25-13-15-27(16-14-25)30(5,6)7/h8-16,18-19,21,26H,17,20H2,1-7H3. The van der Waals surface area contributed by atoms with Crippen molar-refractivity contribution in [1.29, 1.82) is 0 Å². The average molecular weight is 415 g/mol. The molecule has 1 atom stereocenters. The number of ether oxygens (including phenoxy) is 1. The predicted octanol–water partition coefficient (Wildman–Crippen LogP) is 8.48. The second kappa shape index (κ2) is 9.73. The maximum atomic E-state index is 6.34. The molecular weight excluding hydrogens is 376 g/mol. The Hall–Kier alpha value is -2.54. The Kier molecular flexibility index (Phi) is 7.26. The van der Waals surface area contributed by atoms with Crippen LogP contribution in [-0.4, -0.2) is 6.61 Å². The Morgan fingerprint density at radius 1 is 0.806 bits per heavy atom. The van der Waals surface area contributed by atoms with E-state index in [9.17, 15) is 0 Å². The molecule has 0 spiro atoms. The molecule has 0 aliphatic carbocycles. The van der Waals surface area contributed by atoms with Gasteiger partial charge in [-0.2, -0.15) is 0 Å². The van der Waals surface area contributed by atoms with Crippen molar-refractivity contribution < 1.29 is 4.74 Å². The molecule has 0 radical (unpaired) electrons. The van der Waals surface area contributed by atoms with Crippen LogP contribution in [0.1, 0.15) is 69.2 Å². The van der Waals surface area contributed by atoms with Gasteiger partial charge in [0.05, 0.1) is 6.61 Å². The lowest BCUT2D eigenvalue weighted by molar-refractivity contribution is 0.270. The molecule has 1 heteroatoms. The summed E-state index contributed by atoms with van der Waals surface area (Å²) >= 11 is 0. The van der Waals surface area contributed by atoms with E-state index in [1.54, 1.807) is 0 Å². The molecule has 0 aromatic heterocycles. The molecule has 164 valence electrons. The van der Waals surface area contributed by atoms with E-state index in [1.807, 2.05) is 0 Å². The monoisotopic (exact) mass is 414 g/mol. The van der Waals surface area contributed by atoms with Crippen LogP contribution in [0.2, 0.25) is 0 Å². The summed E-state index contributed by atoms with van der Waals surface area (Å²) in [4.78, 5) is 0. The van der Waals surface area contributed by atoms with Crippen molar-refractivity contribution in [1.82, 2.24) is 0 Å². The molecule has 31 heavy (non-hydrogen) atoms. The van der Waals surface area contributed by atoms with E-state index >= 15 is 0 Å². The molecule has 0 heterocycles. The highest BCUT2D eigenvalue weighted by molar-refractivity contribution is 5.72. The molecule has 0 saturated heterocycles. The third-order valence-corrected chi connectivity index (χ3v) is 6.02. The number of aryl methyl sites for hydroxylation is 2. The van der Waals surface area contributed by atoms with Crippen LogP contribution in [-0.2, 0) is 5.41 Å². The van der Waals surface area contributed by atoms with E-state index in [1.165, 1.54) is 33.4 Å². The third kappa shape index (κ3) is 6.00. The smallest absolute Gasteiger partial charge is 0.119 e. The van der Waals surface area contributed by atoms with Crippen molar-refractivity contribution in [2.24, 2.45) is 5.92 Å². The Bertz CT molecular complexity index is 952. The van der Waals surface area contributed by atoms with Crippen LogP contribution in [0.4, 0.5) is 0 Å². The predicted molar refractivity (Wildman–Crippen MR) is 134 cm³/mol. The van der Waals surface area contributed by atoms with Crippen LogP contribution in [0.5, 0.6) is 5.75 Å². The lowest BCUT2D eigenvalue weighted by atomic mass is 9.85. The second-order valence-electron chi connectivity index (χ2n) is 10.3. The normalized spacial score (nSPS) is 12.8. The number of benzene rings is 3. The zero-order valence-electron chi connectivity index (χ0n) is 20.3. The van der Waals surface area contributed by atoms with Gasteiger partial charge in [0.1, 0.15) is 5.75 Å². The average Bonchev–Trinajstić information content (AvgIpc) is 2.71. The maximum absolute atomic E-state index is 6.34. The third-order valence-electron chi connectivity index (χ3n) is 6.02. The Labute approximate surface area is 189 Å². The highest BCUT2D eigenvalue weighted by Gasteiger charge is 2.17. The Balaban J connectivity index is 1.80. The van der Waals surface area contributed by atoms with Gasteiger partial charge in [-0.15, -0.1) is 0 Å². The molecular formula is C30H38O. The van der Waals surface area contributed by atoms with Crippen LogP contribution < -0.4 is 4.74 Å². The molecule has 0 aliphatic rings. The fourth-order valence-electron chi connectivity index (χ4n) is 4.39. The van der Waals surface area contributed by atoms with Crippen LogP contribution >= 0.6 is 0 Å². The first-order valence-electron chi connectivity index (χ1n) is 11.5. The van der Waals surface area contributed by atoms with Gasteiger partial charge < -0.3 is 4.74 Å². The summed E-state index contributed by atoms with van der Waals surface area (Å²) in [5, 5.41) is 0. The molecule has 0 aliphatic heterocycles. The summed E-state index contributed by atoms with van der Waals surface area (Å²) in [6, 6.07) is 24.2. The molecule has 3 rings (SSSR count). The minimum absolute atomic E-state index is 0.172. The van der Waals surface area contributed by atoms with Crippen molar-refractivity contribution in [2.45, 2.75) is 66.2 Å². The lowest BCUT2D eigenvalue weighted by Crippen LogP contribution is -2.13. The van der Waals surface area contributed by atoms with Crippen LogP contribution in [0.25, 0.3) is 11.1 Å². The van der Waals surface area contributed by atoms with Gasteiger partial charge in [-0.05, 0) is 77.1 Å². The van der Waals surface area contributed by atoms with Gasteiger partial charge in [0.2, 0.25) is 0 Å². The summed E-state index contributed by atoms with van der Waals surface area (Å²) in [6.45, 7) is 16.4. The zero-order chi connectivity index (χ0) is 22.6. The number of hydrogen-bond acceptors (Lipinski definition) is 1. The highest BCUT2D eigenvalue weighted by Crippen LogP contribution is 2.33. The van der Waals surface area contributed by atoms with Gasteiger partial charge in [-0.3, -0.25) is 0 Å². The first-order valence-corrected chi connectivity index (χ1v) is 11.5. The van der Waals surface area contributed by atoms with Crippen molar-refractivity contribution in [3.05, 3.63) is 89.0 Å². The van der Waals surface area contributed by atoms with E-state index in [2.05, 4.69) is 115 Å². The van der Waals surface area contributed by atoms with Gasteiger partial charge >= 0.3 is 0 Å². The summed E-state index contributed by atoms with van der Waals surface area (Å²) in [6.07, 6.45) is 1.13. The van der Waals surface area contributed by atoms with Crippen molar-refractivity contribution >= 4 is 0 Å². The second-order valence-corrected chi connectivity index (χ2v) is 10.3. The largest absolute Gasteiger partial charge is 0.493 e. The summed E-state index contributed by atoms with van der Waals surface area (Å²) in [7, 11) is 0. The van der Waals surface area contributed by atoms with Crippen LogP contribution in [0.15, 0.2) is 66.7 Å². The Morgan fingerprint density at radius 2 is 1.39 bits per heavy atom. The minimum atomic E-state index is 0.172. The first-order chi connectivity index (χ1) is 14.6. The molecule has 1 nitrogen and oxygen atoms in total. The molecule has 1 unspecified atom stereocenters. The lowest BCUT2D eigenvalue weighted by Gasteiger charge is -2.22. The topological polar surface area (TPSA) is 9.23 Å². The molecule has 0 amide bonds. The van der Waals surface area contributed by atoms with Gasteiger partial charge in [0.15, 0.2) is 0 Å². The van der Waals surface area contributed by atoms with Crippen LogP contribution in [0.3, 0.4) is 0 Å². The van der Waals surface area contributed by atoms with Crippen molar-refractivity contribution in [3.63, 3.8) is 0 Å². The summed E-state index contributed by atoms with van der Waals surface area (Å²) in [5.41, 5.74) is 8.01. The molecule has 3 aromatic rings. The highest BCUT2D eigenvalue weighted by atomic mass is 16.5. The van der Waals surface area contributed by atoms with E-state index < -0.39 is 0 Å². The summed E-state index contributed by atoms with van der Waals surface area (Å²) < 4.78 is 6.34. The van der Waals surface area contributed by atoms with E-state index in [0.29, 0.717) is 18.4 Å². The quantitative estimate of drug-likeness (QED) is 0.376. The Morgan fingerprint density at radius 3 is 1.90 bits per heavy atom. The zero-order valence-corrected chi connectivity index (χ0v) is 20.3.